The maximum absolute atomic E-state index is 8.73. The van der Waals surface area contributed by atoms with Gasteiger partial charge in [-0.15, -0.1) is 0 Å². The molecule has 104 valence electrons. The highest BCUT2D eigenvalue weighted by Gasteiger charge is 2.08. The van der Waals surface area contributed by atoms with Crippen LogP contribution in [0.15, 0.2) is 36.5 Å². The van der Waals surface area contributed by atoms with Crippen molar-refractivity contribution in [1.29, 1.82) is 5.26 Å². The van der Waals surface area contributed by atoms with Crippen LogP contribution in [0.4, 0.5) is 0 Å². The number of ether oxygens (including phenoxy) is 1. The molecule has 0 unspecified atom stereocenters. The van der Waals surface area contributed by atoms with Gasteiger partial charge in [0.1, 0.15) is 12.4 Å². The van der Waals surface area contributed by atoms with Gasteiger partial charge in [-0.25, -0.2) is 0 Å². The summed E-state index contributed by atoms with van der Waals surface area (Å²) < 4.78 is 7.68. The Balaban J connectivity index is 1.95. The summed E-state index contributed by atoms with van der Waals surface area (Å²) in [7, 11) is 0. The normalized spacial score (nSPS) is 10.5. The van der Waals surface area contributed by atoms with Crippen LogP contribution in [0.25, 0.3) is 0 Å². The van der Waals surface area contributed by atoms with E-state index in [-0.39, 0.29) is 0 Å². The summed E-state index contributed by atoms with van der Waals surface area (Å²) in [6, 6.07) is 11.6. The first-order valence-electron chi connectivity index (χ1n) is 6.93. The molecule has 20 heavy (non-hydrogen) atoms. The van der Waals surface area contributed by atoms with Crippen LogP contribution in [0.1, 0.15) is 44.0 Å². The van der Waals surface area contributed by atoms with Gasteiger partial charge in [0.25, 0.3) is 0 Å². The molecule has 0 spiro atoms. The highest BCUT2D eigenvalue weighted by molar-refractivity contribution is 5.34. The minimum absolute atomic E-state index is 0.444. The highest BCUT2D eigenvalue weighted by atomic mass is 16.5. The lowest BCUT2D eigenvalue weighted by Gasteiger charge is -2.12. The zero-order valence-corrected chi connectivity index (χ0v) is 11.9. The standard InChI is InChI=1S/C16H19N3O/c1-3-15(4-2)19-10-9-14(18-19)12-20-16-7-5-13(11-17)6-8-16/h5-10,15H,3-4,12H2,1-2H3. The first-order valence-corrected chi connectivity index (χ1v) is 6.93. The maximum Gasteiger partial charge on any atom is 0.132 e. The first-order chi connectivity index (χ1) is 9.76. The Morgan fingerprint density at radius 1 is 1.20 bits per heavy atom. The van der Waals surface area contributed by atoms with E-state index in [1.807, 2.05) is 16.9 Å². The molecular weight excluding hydrogens is 250 g/mol. The molecule has 0 fully saturated rings. The van der Waals surface area contributed by atoms with Gasteiger partial charge in [-0.1, -0.05) is 13.8 Å². The number of nitriles is 1. The van der Waals surface area contributed by atoms with E-state index in [1.54, 1.807) is 24.3 Å². The van der Waals surface area contributed by atoms with Crippen molar-refractivity contribution >= 4 is 0 Å². The van der Waals surface area contributed by atoms with Crippen molar-refractivity contribution in [2.75, 3.05) is 0 Å². The van der Waals surface area contributed by atoms with Crippen molar-refractivity contribution in [2.24, 2.45) is 0 Å². The van der Waals surface area contributed by atoms with Crippen LogP contribution in [-0.2, 0) is 6.61 Å². The third-order valence-electron chi connectivity index (χ3n) is 3.35. The number of benzene rings is 1. The van der Waals surface area contributed by atoms with E-state index in [1.165, 1.54) is 0 Å². The first kappa shape index (κ1) is 14.1. The second-order valence-corrected chi connectivity index (χ2v) is 4.68. The van der Waals surface area contributed by atoms with Gasteiger partial charge in [0, 0.05) is 6.20 Å². The molecule has 1 heterocycles. The Morgan fingerprint density at radius 2 is 1.90 bits per heavy atom. The summed E-state index contributed by atoms with van der Waals surface area (Å²) in [5.41, 5.74) is 1.55. The molecule has 0 saturated carbocycles. The molecule has 0 radical (unpaired) electrons. The van der Waals surface area contributed by atoms with Gasteiger partial charge in [-0.2, -0.15) is 10.4 Å². The van der Waals surface area contributed by atoms with Crippen LogP contribution >= 0.6 is 0 Å². The van der Waals surface area contributed by atoms with Gasteiger partial charge in [-0.05, 0) is 43.2 Å². The van der Waals surface area contributed by atoms with Crippen molar-refractivity contribution < 1.29 is 4.74 Å². The summed E-state index contributed by atoms with van der Waals surface area (Å²) in [6.07, 6.45) is 4.16. The molecule has 2 aromatic rings. The van der Waals surface area contributed by atoms with E-state index in [0.717, 1.165) is 24.3 Å². The highest BCUT2D eigenvalue weighted by Crippen LogP contribution is 2.16. The Labute approximate surface area is 119 Å². The zero-order valence-electron chi connectivity index (χ0n) is 11.9. The van der Waals surface area contributed by atoms with Crippen LogP contribution in [0, 0.1) is 11.3 Å². The number of rotatable bonds is 6. The molecule has 0 bridgehead atoms. The van der Waals surface area contributed by atoms with E-state index in [4.69, 9.17) is 10.00 Å². The molecule has 0 aliphatic carbocycles. The smallest absolute Gasteiger partial charge is 0.132 e. The van der Waals surface area contributed by atoms with E-state index in [9.17, 15) is 0 Å². The lowest BCUT2D eigenvalue weighted by atomic mass is 10.2. The quantitative estimate of drug-likeness (QED) is 0.803. The van der Waals surface area contributed by atoms with Gasteiger partial charge < -0.3 is 4.74 Å². The van der Waals surface area contributed by atoms with Crippen LogP contribution in [0.5, 0.6) is 5.75 Å². The minimum Gasteiger partial charge on any atom is -0.487 e. The second kappa shape index (κ2) is 6.76. The lowest BCUT2D eigenvalue weighted by Crippen LogP contribution is -2.08. The Hall–Kier alpha value is -2.28. The number of hydrogen-bond donors (Lipinski definition) is 0. The fourth-order valence-corrected chi connectivity index (χ4v) is 2.10. The predicted octanol–water partition coefficient (Wildman–Crippen LogP) is 3.69. The van der Waals surface area contributed by atoms with E-state index >= 15 is 0 Å². The molecule has 1 aromatic heterocycles. The molecule has 0 saturated heterocycles. The number of hydrogen-bond acceptors (Lipinski definition) is 3. The molecule has 1 aromatic carbocycles. The van der Waals surface area contributed by atoms with Crippen molar-refractivity contribution in [3.05, 3.63) is 47.8 Å². The van der Waals surface area contributed by atoms with Gasteiger partial charge in [0.2, 0.25) is 0 Å². The third kappa shape index (κ3) is 3.39. The Morgan fingerprint density at radius 3 is 2.50 bits per heavy atom. The van der Waals surface area contributed by atoms with Gasteiger partial charge in [0.05, 0.1) is 23.4 Å². The predicted molar refractivity (Wildman–Crippen MR) is 77.3 cm³/mol. The van der Waals surface area contributed by atoms with E-state index in [2.05, 4.69) is 25.0 Å². The lowest BCUT2D eigenvalue weighted by molar-refractivity contribution is 0.297. The topological polar surface area (TPSA) is 50.8 Å². The van der Waals surface area contributed by atoms with Crippen LogP contribution in [0.2, 0.25) is 0 Å². The molecule has 4 nitrogen and oxygen atoms in total. The summed E-state index contributed by atoms with van der Waals surface area (Å²) in [4.78, 5) is 0. The van der Waals surface area contributed by atoms with Crippen molar-refractivity contribution in [1.82, 2.24) is 9.78 Å². The van der Waals surface area contributed by atoms with Crippen molar-refractivity contribution in [3.63, 3.8) is 0 Å². The largest absolute Gasteiger partial charge is 0.487 e. The maximum atomic E-state index is 8.73. The average molecular weight is 269 g/mol. The van der Waals surface area contributed by atoms with Crippen molar-refractivity contribution in [3.8, 4) is 11.8 Å². The molecule has 0 aliphatic rings. The van der Waals surface area contributed by atoms with Gasteiger partial charge >= 0.3 is 0 Å². The Kier molecular flexibility index (Phi) is 4.78. The summed E-state index contributed by atoms with van der Waals surface area (Å²) in [5, 5.41) is 13.3. The summed E-state index contributed by atoms with van der Waals surface area (Å²) in [6.45, 7) is 4.78. The fraction of sp³-hybridized carbons (Fsp3) is 0.375. The molecule has 4 heteroatoms. The van der Waals surface area contributed by atoms with Crippen LogP contribution in [-0.4, -0.2) is 9.78 Å². The van der Waals surface area contributed by atoms with Gasteiger partial charge in [-0.3, -0.25) is 4.68 Å². The molecule has 0 atom stereocenters. The summed E-state index contributed by atoms with van der Waals surface area (Å²) in [5.74, 6) is 0.751. The molecule has 0 N–H and O–H groups in total. The zero-order chi connectivity index (χ0) is 14.4. The van der Waals surface area contributed by atoms with Gasteiger partial charge in [0.15, 0.2) is 0 Å². The third-order valence-corrected chi connectivity index (χ3v) is 3.35. The fourth-order valence-electron chi connectivity index (χ4n) is 2.10. The number of nitrogens with zero attached hydrogens (tertiary/aromatic N) is 3. The van der Waals surface area contributed by atoms with E-state index in [0.29, 0.717) is 18.2 Å². The molecule has 0 aliphatic heterocycles. The number of aromatic nitrogens is 2. The van der Waals surface area contributed by atoms with E-state index < -0.39 is 0 Å². The molecule has 0 amide bonds. The second-order valence-electron chi connectivity index (χ2n) is 4.68. The van der Waals surface area contributed by atoms with Crippen LogP contribution < -0.4 is 4.74 Å². The molecular formula is C16H19N3O. The monoisotopic (exact) mass is 269 g/mol. The average Bonchev–Trinajstić information content (AvgIpc) is 2.96. The molecule has 2 rings (SSSR count). The minimum atomic E-state index is 0.444. The van der Waals surface area contributed by atoms with Crippen molar-refractivity contribution in [2.45, 2.75) is 39.3 Å². The summed E-state index contributed by atoms with van der Waals surface area (Å²) >= 11 is 0. The Bertz CT molecular complexity index is 577. The SMILES string of the molecule is CCC(CC)n1ccc(COc2ccc(C#N)cc2)n1. The van der Waals surface area contributed by atoms with Crippen LogP contribution in [0.3, 0.4) is 0 Å².